The van der Waals surface area contributed by atoms with E-state index in [2.05, 4.69) is 30.9 Å². The molecule has 0 bridgehead atoms. The van der Waals surface area contributed by atoms with Crippen LogP contribution in [0.4, 0.5) is 21.4 Å². The van der Waals surface area contributed by atoms with Gasteiger partial charge in [0.25, 0.3) is 5.91 Å². The van der Waals surface area contributed by atoms with E-state index in [0.717, 1.165) is 33.7 Å². The van der Waals surface area contributed by atoms with Crippen LogP contribution >= 0.6 is 11.3 Å². The van der Waals surface area contributed by atoms with E-state index < -0.39 is 6.03 Å². The van der Waals surface area contributed by atoms with E-state index in [1.165, 1.54) is 24.8 Å². The molecule has 2 heterocycles. The number of carbonyl (C=O) groups is 2. The highest BCUT2D eigenvalue weighted by Gasteiger charge is 2.15. The van der Waals surface area contributed by atoms with Crippen molar-refractivity contribution >= 4 is 39.9 Å². The average molecular weight is 382 g/mol. The standard InChI is InChI=1S/C18H18N6O2S/c1-10-6-11(2)15(12(3)7-10)23-16(25)13-8-21-18(27-13)24-17(26)22-14-9-19-4-5-20-14/h4-9H,1-3H3,(H,23,25)(H2,20,21,22,24,26). The lowest BCUT2D eigenvalue weighted by Gasteiger charge is -2.12. The number of urea groups is 1. The van der Waals surface area contributed by atoms with Gasteiger partial charge in [0.1, 0.15) is 4.88 Å². The third-order valence-electron chi connectivity index (χ3n) is 3.67. The molecule has 0 atom stereocenters. The zero-order valence-corrected chi connectivity index (χ0v) is 15.8. The number of benzene rings is 1. The highest BCUT2D eigenvalue weighted by atomic mass is 32.1. The summed E-state index contributed by atoms with van der Waals surface area (Å²) in [6.07, 6.45) is 5.83. The Morgan fingerprint density at radius 1 is 0.926 bits per heavy atom. The summed E-state index contributed by atoms with van der Waals surface area (Å²) in [5.74, 6) is 0.0415. The SMILES string of the molecule is Cc1cc(C)c(NC(=O)c2cnc(NC(=O)Nc3cnccn3)s2)c(C)c1. The molecule has 2 aromatic heterocycles. The first-order valence-corrected chi connectivity index (χ1v) is 8.93. The van der Waals surface area contributed by atoms with Crippen LogP contribution in [0.3, 0.4) is 0 Å². The quantitative estimate of drug-likeness (QED) is 0.637. The molecule has 0 saturated carbocycles. The maximum Gasteiger partial charge on any atom is 0.326 e. The second kappa shape index (κ2) is 7.92. The smallest absolute Gasteiger partial charge is 0.321 e. The highest BCUT2D eigenvalue weighted by Crippen LogP contribution is 2.24. The molecule has 138 valence electrons. The number of amides is 3. The Balaban J connectivity index is 1.65. The van der Waals surface area contributed by atoms with E-state index in [9.17, 15) is 9.59 Å². The Morgan fingerprint density at radius 3 is 2.33 bits per heavy atom. The topological polar surface area (TPSA) is 109 Å². The number of rotatable bonds is 4. The molecule has 3 N–H and O–H groups in total. The van der Waals surface area contributed by atoms with E-state index in [1.54, 1.807) is 0 Å². The van der Waals surface area contributed by atoms with E-state index in [-0.39, 0.29) is 5.91 Å². The van der Waals surface area contributed by atoms with Crippen molar-refractivity contribution in [3.05, 3.63) is 58.5 Å². The van der Waals surface area contributed by atoms with Crippen LogP contribution < -0.4 is 16.0 Å². The first kappa shape index (κ1) is 18.5. The van der Waals surface area contributed by atoms with Crippen LogP contribution in [0.5, 0.6) is 0 Å². The first-order valence-electron chi connectivity index (χ1n) is 8.11. The fourth-order valence-corrected chi connectivity index (χ4v) is 3.30. The Bertz CT molecular complexity index is 964. The fourth-order valence-electron chi connectivity index (χ4n) is 2.60. The summed E-state index contributed by atoms with van der Waals surface area (Å²) in [7, 11) is 0. The Kier molecular flexibility index (Phi) is 5.41. The number of nitrogens with one attached hydrogen (secondary N) is 3. The van der Waals surface area contributed by atoms with Crippen molar-refractivity contribution in [1.82, 2.24) is 15.0 Å². The van der Waals surface area contributed by atoms with Crippen LogP contribution in [0.25, 0.3) is 0 Å². The summed E-state index contributed by atoms with van der Waals surface area (Å²) in [5, 5.41) is 8.32. The van der Waals surface area contributed by atoms with Gasteiger partial charge in [-0.1, -0.05) is 29.0 Å². The largest absolute Gasteiger partial charge is 0.326 e. The molecule has 0 unspecified atom stereocenters. The summed E-state index contributed by atoms with van der Waals surface area (Å²) in [4.78, 5) is 36.7. The molecule has 3 aromatic rings. The highest BCUT2D eigenvalue weighted by molar-refractivity contribution is 7.17. The molecule has 0 saturated heterocycles. The second-order valence-electron chi connectivity index (χ2n) is 5.93. The molecule has 1 aromatic carbocycles. The average Bonchev–Trinajstić information content (AvgIpc) is 3.07. The molecular weight excluding hydrogens is 364 g/mol. The summed E-state index contributed by atoms with van der Waals surface area (Å²) in [6, 6.07) is 3.51. The van der Waals surface area contributed by atoms with Crippen molar-refractivity contribution < 1.29 is 9.59 Å². The lowest BCUT2D eigenvalue weighted by atomic mass is 10.1. The molecule has 0 aliphatic heterocycles. The fraction of sp³-hybridized carbons (Fsp3) is 0.167. The van der Waals surface area contributed by atoms with E-state index >= 15 is 0 Å². The van der Waals surface area contributed by atoms with Crippen molar-refractivity contribution in [1.29, 1.82) is 0 Å². The van der Waals surface area contributed by atoms with Gasteiger partial charge in [-0.05, 0) is 31.9 Å². The lowest BCUT2D eigenvalue weighted by Crippen LogP contribution is -2.19. The number of thiazole rings is 1. The third kappa shape index (κ3) is 4.64. The van der Waals surface area contributed by atoms with Gasteiger partial charge in [-0.2, -0.15) is 0 Å². The Morgan fingerprint density at radius 2 is 1.67 bits per heavy atom. The number of aryl methyl sites for hydroxylation is 3. The number of anilines is 3. The number of aromatic nitrogens is 3. The minimum Gasteiger partial charge on any atom is -0.321 e. The van der Waals surface area contributed by atoms with Gasteiger partial charge in [0, 0.05) is 18.1 Å². The predicted octanol–water partition coefficient (Wildman–Crippen LogP) is 3.75. The Hall–Kier alpha value is -3.33. The van der Waals surface area contributed by atoms with Crippen LogP contribution in [0, 0.1) is 20.8 Å². The van der Waals surface area contributed by atoms with E-state index in [4.69, 9.17) is 0 Å². The maximum atomic E-state index is 12.5. The van der Waals surface area contributed by atoms with Crippen molar-refractivity contribution in [3.63, 3.8) is 0 Å². The summed E-state index contributed by atoms with van der Waals surface area (Å²) in [5.41, 5.74) is 3.91. The summed E-state index contributed by atoms with van der Waals surface area (Å²) in [6.45, 7) is 5.91. The summed E-state index contributed by atoms with van der Waals surface area (Å²) < 4.78 is 0. The molecule has 8 nitrogen and oxygen atoms in total. The first-order chi connectivity index (χ1) is 12.9. The number of nitrogens with zero attached hydrogens (tertiary/aromatic N) is 3. The molecule has 27 heavy (non-hydrogen) atoms. The van der Waals surface area contributed by atoms with Gasteiger partial charge in [0.15, 0.2) is 10.9 Å². The van der Waals surface area contributed by atoms with Crippen LogP contribution in [-0.2, 0) is 0 Å². The van der Waals surface area contributed by atoms with Gasteiger partial charge in [0.05, 0.1) is 12.4 Å². The molecule has 0 fully saturated rings. The van der Waals surface area contributed by atoms with Crippen LogP contribution in [0.15, 0.2) is 36.9 Å². The van der Waals surface area contributed by atoms with Gasteiger partial charge in [-0.15, -0.1) is 0 Å². The minimum atomic E-state index is -0.512. The molecule has 9 heteroatoms. The van der Waals surface area contributed by atoms with Crippen molar-refractivity contribution in [3.8, 4) is 0 Å². The minimum absolute atomic E-state index is 0.273. The normalized spacial score (nSPS) is 10.3. The number of hydrogen-bond donors (Lipinski definition) is 3. The maximum absolute atomic E-state index is 12.5. The zero-order chi connectivity index (χ0) is 19.4. The van der Waals surface area contributed by atoms with Gasteiger partial charge in [-0.25, -0.2) is 14.8 Å². The van der Waals surface area contributed by atoms with E-state index in [0.29, 0.717) is 15.8 Å². The predicted molar refractivity (Wildman–Crippen MR) is 105 cm³/mol. The third-order valence-corrected chi connectivity index (χ3v) is 4.58. The van der Waals surface area contributed by atoms with Crippen LogP contribution in [-0.4, -0.2) is 26.9 Å². The molecule has 0 radical (unpaired) electrons. The second-order valence-corrected chi connectivity index (χ2v) is 6.96. The van der Waals surface area contributed by atoms with Crippen molar-refractivity contribution in [2.24, 2.45) is 0 Å². The monoisotopic (exact) mass is 382 g/mol. The van der Waals surface area contributed by atoms with Crippen molar-refractivity contribution in [2.75, 3.05) is 16.0 Å². The van der Waals surface area contributed by atoms with Crippen LogP contribution in [0.2, 0.25) is 0 Å². The molecule has 3 amide bonds. The molecule has 3 rings (SSSR count). The van der Waals surface area contributed by atoms with E-state index in [1.807, 2.05) is 32.9 Å². The van der Waals surface area contributed by atoms with Gasteiger partial charge in [-0.3, -0.25) is 20.4 Å². The van der Waals surface area contributed by atoms with Crippen LogP contribution in [0.1, 0.15) is 26.4 Å². The number of hydrogen-bond acceptors (Lipinski definition) is 6. The molecule has 0 aliphatic carbocycles. The molecule has 0 spiro atoms. The van der Waals surface area contributed by atoms with Gasteiger partial charge < -0.3 is 5.32 Å². The Labute approximate surface area is 160 Å². The van der Waals surface area contributed by atoms with Gasteiger partial charge >= 0.3 is 6.03 Å². The lowest BCUT2D eigenvalue weighted by molar-refractivity contribution is 0.103. The zero-order valence-electron chi connectivity index (χ0n) is 15.0. The molecule has 0 aliphatic rings. The number of carbonyl (C=O) groups excluding carboxylic acids is 2. The van der Waals surface area contributed by atoms with Gasteiger partial charge in [0.2, 0.25) is 0 Å². The summed E-state index contributed by atoms with van der Waals surface area (Å²) >= 11 is 1.08. The van der Waals surface area contributed by atoms with Crippen molar-refractivity contribution in [2.45, 2.75) is 20.8 Å². The molecular formula is C18H18N6O2S.